The minimum Gasteiger partial charge on any atom is -0.352 e. The van der Waals surface area contributed by atoms with E-state index in [1.54, 1.807) is 24.3 Å². The number of carbonyl (C=O) groups excluding carboxylic acids is 3. The molecule has 0 aliphatic carbocycles. The van der Waals surface area contributed by atoms with Crippen molar-refractivity contribution in [2.24, 2.45) is 5.92 Å². The van der Waals surface area contributed by atoms with Crippen molar-refractivity contribution in [2.45, 2.75) is 24.4 Å². The van der Waals surface area contributed by atoms with Crippen LogP contribution in [0.3, 0.4) is 0 Å². The number of benzene rings is 4. The van der Waals surface area contributed by atoms with Crippen LogP contribution in [0.15, 0.2) is 115 Å². The first-order valence-electron chi connectivity index (χ1n) is 13.2. The number of anilines is 2. The maximum absolute atomic E-state index is 14.7. The van der Waals surface area contributed by atoms with Gasteiger partial charge in [-0.3, -0.25) is 14.4 Å². The molecule has 3 heterocycles. The molecule has 1 saturated heterocycles. The zero-order valence-corrected chi connectivity index (χ0v) is 21.4. The lowest BCUT2D eigenvalue weighted by molar-refractivity contribution is -0.121. The second kappa shape index (κ2) is 8.63. The normalized spacial score (nSPS) is 24.4. The Balaban J connectivity index is 1.57. The summed E-state index contributed by atoms with van der Waals surface area (Å²) in [6.45, 7) is 2.03. The maximum atomic E-state index is 14.7. The molecule has 4 aromatic carbocycles. The highest BCUT2D eigenvalue weighted by molar-refractivity contribution is 6.18. The van der Waals surface area contributed by atoms with Gasteiger partial charge in [0.25, 0.3) is 0 Å². The van der Waals surface area contributed by atoms with Gasteiger partial charge in [-0.05, 0) is 30.2 Å². The zero-order valence-electron chi connectivity index (χ0n) is 21.4. The predicted molar refractivity (Wildman–Crippen MR) is 152 cm³/mol. The smallest absolute Gasteiger partial charge is 0.238 e. The third kappa shape index (κ3) is 3.16. The minimum atomic E-state index is -1.30. The Labute approximate surface area is 226 Å². The Hall–Kier alpha value is -4.77. The monoisotopic (exact) mass is 510 g/mol. The largest absolute Gasteiger partial charge is 0.352 e. The molecule has 0 radical (unpaired) electrons. The van der Waals surface area contributed by atoms with Crippen molar-refractivity contribution in [3.8, 4) is 0 Å². The average Bonchev–Trinajstić information content (AvgIpc) is 3.45. The van der Waals surface area contributed by atoms with Crippen LogP contribution in [0.2, 0.25) is 0 Å². The van der Waals surface area contributed by atoms with Crippen LogP contribution in [-0.2, 0) is 10.2 Å². The molecule has 5 heteroatoms. The number of hydrogen-bond acceptors (Lipinski definition) is 4. The number of ketones is 2. The van der Waals surface area contributed by atoms with Gasteiger partial charge in [-0.2, -0.15) is 0 Å². The van der Waals surface area contributed by atoms with Gasteiger partial charge in [0.2, 0.25) is 5.91 Å². The van der Waals surface area contributed by atoms with Crippen molar-refractivity contribution in [1.82, 2.24) is 0 Å². The molecule has 0 unspecified atom stereocenters. The summed E-state index contributed by atoms with van der Waals surface area (Å²) in [6, 6.07) is 32.2. The number of fused-ring (bicyclic) bond motifs is 6. The van der Waals surface area contributed by atoms with Crippen molar-refractivity contribution in [1.29, 1.82) is 0 Å². The van der Waals surface area contributed by atoms with Crippen LogP contribution in [0.1, 0.15) is 38.8 Å². The molecule has 0 aromatic heterocycles. The molecule has 4 aromatic rings. The highest BCUT2D eigenvalue weighted by Gasteiger charge is 2.70. The molecule has 39 heavy (non-hydrogen) atoms. The number of carbonyl (C=O) groups is 3. The first kappa shape index (κ1) is 23.4. The lowest BCUT2D eigenvalue weighted by atomic mass is 9.64. The summed E-state index contributed by atoms with van der Waals surface area (Å²) < 4.78 is 0. The standard InChI is InChI=1S/C34H26N2O3/c1-21-20-28-34(25-17-9-10-18-26(25)35-33(34)39)29(31(37)22-12-4-2-5-13-22)30(32(38)23-14-6-3-7-15-23)36(28)27-19-11-8-16-24(21)27/h2-20,28-30H,1H3,(H,35,39)/t28-,29+,30-,34+/m0/s1. The Morgan fingerprint density at radius 2 is 1.33 bits per heavy atom. The van der Waals surface area contributed by atoms with E-state index in [4.69, 9.17) is 0 Å². The molecule has 190 valence electrons. The summed E-state index contributed by atoms with van der Waals surface area (Å²) in [4.78, 5) is 45.6. The second-order valence-corrected chi connectivity index (χ2v) is 10.5. The van der Waals surface area contributed by atoms with Crippen molar-refractivity contribution in [2.75, 3.05) is 10.2 Å². The minimum absolute atomic E-state index is 0.174. The molecule has 1 amide bonds. The van der Waals surface area contributed by atoms with Crippen LogP contribution in [0.5, 0.6) is 0 Å². The third-order valence-electron chi connectivity index (χ3n) is 8.55. The molecule has 3 aliphatic rings. The fourth-order valence-electron chi connectivity index (χ4n) is 6.94. The number of amides is 1. The first-order valence-corrected chi connectivity index (χ1v) is 13.2. The van der Waals surface area contributed by atoms with E-state index in [1.807, 2.05) is 96.8 Å². The highest BCUT2D eigenvalue weighted by Crippen LogP contribution is 2.58. The van der Waals surface area contributed by atoms with Crippen LogP contribution in [0, 0.1) is 5.92 Å². The zero-order chi connectivity index (χ0) is 26.7. The summed E-state index contributed by atoms with van der Waals surface area (Å²) in [5.74, 6) is -1.60. The van der Waals surface area contributed by atoms with Gasteiger partial charge in [-0.15, -0.1) is 0 Å². The third-order valence-corrected chi connectivity index (χ3v) is 8.55. The van der Waals surface area contributed by atoms with Crippen molar-refractivity contribution >= 4 is 34.4 Å². The van der Waals surface area contributed by atoms with Gasteiger partial charge in [0.15, 0.2) is 11.6 Å². The number of Topliss-reactive ketones (excluding diaryl/α,β-unsaturated/α-hetero) is 2. The van der Waals surface area contributed by atoms with Crippen molar-refractivity contribution in [3.05, 3.63) is 138 Å². The summed E-state index contributed by atoms with van der Waals surface area (Å²) in [5, 5.41) is 3.08. The van der Waals surface area contributed by atoms with Gasteiger partial charge >= 0.3 is 0 Å². The average molecular weight is 511 g/mol. The van der Waals surface area contributed by atoms with E-state index in [-0.39, 0.29) is 17.5 Å². The van der Waals surface area contributed by atoms with Crippen LogP contribution < -0.4 is 10.2 Å². The van der Waals surface area contributed by atoms with E-state index in [9.17, 15) is 14.4 Å². The van der Waals surface area contributed by atoms with Crippen LogP contribution in [-0.4, -0.2) is 29.6 Å². The topological polar surface area (TPSA) is 66.5 Å². The molecule has 1 fully saturated rings. The van der Waals surface area contributed by atoms with Gasteiger partial charge < -0.3 is 10.2 Å². The Bertz CT molecular complexity index is 1680. The van der Waals surface area contributed by atoms with Gasteiger partial charge in [0.05, 0.1) is 12.0 Å². The molecule has 5 nitrogen and oxygen atoms in total. The number of hydrogen-bond donors (Lipinski definition) is 1. The van der Waals surface area contributed by atoms with Gasteiger partial charge in [0.1, 0.15) is 11.5 Å². The summed E-state index contributed by atoms with van der Waals surface area (Å²) >= 11 is 0. The van der Waals surface area contributed by atoms with Crippen LogP contribution in [0.4, 0.5) is 11.4 Å². The molecule has 4 atom stereocenters. The molecular formula is C34H26N2O3. The van der Waals surface area contributed by atoms with Crippen molar-refractivity contribution < 1.29 is 14.4 Å². The molecule has 0 bridgehead atoms. The SMILES string of the molecule is CC1=C[C@@H]2N(c3ccccc31)[C@H](C(=O)c1ccccc1)[C@H](C(=O)c1ccccc1)[C@]21C(=O)Nc2ccccc21. The lowest BCUT2D eigenvalue weighted by Crippen LogP contribution is -2.51. The number of para-hydroxylation sites is 2. The predicted octanol–water partition coefficient (Wildman–Crippen LogP) is 5.93. The molecule has 1 N–H and O–H groups in total. The first-order chi connectivity index (χ1) is 19.0. The number of nitrogens with one attached hydrogen (secondary N) is 1. The van der Waals surface area contributed by atoms with E-state index in [0.29, 0.717) is 16.8 Å². The van der Waals surface area contributed by atoms with Crippen molar-refractivity contribution in [3.63, 3.8) is 0 Å². The summed E-state index contributed by atoms with van der Waals surface area (Å²) in [6.07, 6.45) is 2.08. The Kier molecular flexibility index (Phi) is 5.17. The molecule has 1 spiro atoms. The lowest BCUT2D eigenvalue weighted by Gasteiger charge is -2.39. The summed E-state index contributed by atoms with van der Waals surface area (Å²) in [7, 11) is 0. The fraction of sp³-hybridized carbons (Fsp3) is 0.147. The molecule has 0 saturated carbocycles. The van der Waals surface area contributed by atoms with E-state index in [1.165, 1.54) is 0 Å². The Morgan fingerprint density at radius 1 is 0.744 bits per heavy atom. The fourth-order valence-corrected chi connectivity index (χ4v) is 6.94. The van der Waals surface area contributed by atoms with E-state index in [0.717, 1.165) is 22.4 Å². The summed E-state index contributed by atoms with van der Waals surface area (Å²) in [5.41, 5.74) is 4.01. The van der Waals surface area contributed by atoms with Crippen LogP contribution in [0.25, 0.3) is 5.57 Å². The van der Waals surface area contributed by atoms with Gasteiger partial charge in [0, 0.05) is 28.1 Å². The second-order valence-electron chi connectivity index (χ2n) is 10.5. The number of allylic oxidation sites excluding steroid dienone is 1. The van der Waals surface area contributed by atoms with Gasteiger partial charge in [-0.25, -0.2) is 0 Å². The molecular weight excluding hydrogens is 484 g/mol. The quantitative estimate of drug-likeness (QED) is 0.346. The number of nitrogens with zero attached hydrogens (tertiary/aromatic N) is 1. The van der Waals surface area contributed by atoms with E-state index >= 15 is 0 Å². The highest BCUT2D eigenvalue weighted by atomic mass is 16.2. The van der Waals surface area contributed by atoms with E-state index < -0.39 is 23.4 Å². The maximum Gasteiger partial charge on any atom is 0.238 e. The molecule has 7 rings (SSSR count). The van der Waals surface area contributed by atoms with Crippen LogP contribution >= 0.6 is 0 Å². The number of rotatable bonds is 4. The molecule has 3 aliphatic heterocycles. The van der Waals surface area contributed by atoms with Gasteiger partial charge in [-0.1, -0.05) is 103 Å². The Morgan fingerprint density at radius 3 is 2.05 bits per heavy atom. The van der Waals surface area contributed by atoms with E-state index in [2.05, 4.69) is 11.4 Å².